The average molecular weight is 256 g/mol. The van der Waals surface area contributed by atoms with E-state index in [-0.39, 0.29) is 6.04 Å². The van der Waals surface area contributed by atoms with Crippen LogP contribution in [-0.4, -0.2) is 15.8 Å². The van der Waals surface area contributed by atoms with Crippen molar-refractivity contribution in [3.63, 3.8) is 0 Å². The molecule has 0 aromatic carbocycles. The number of hydrogen-bond acceptors (Lipinski definition) is 2. The van der Waals surface area contributed by atoms with Gasteiger partial charge in [-0.15, -0.1) is 0 Å². The minimum Gasteiger partial charge on any atom is -0.327 e. The van der Waals surface area contributed by atoms with Gasteiger partial charge in [0.25, 0.3) is 0 Å². The van der Waals surface area contributed by atoms with E-state index >= 15 is 0 Å². The summed E-state index contributed by atoms with van der Waals surface area (Å²) in [7, 11) is 0. The monoisotopic (exact) mass is 255 g/mol. The van der Waals surface area contributed by atoms with Crippen molar-refractivity contribution in [2.75, 3.05) is 0 Å². The number of nitrogens with two attached hydrogens (primary N) is 1. The molecule has 1 aromatic heterocycles. The van der Waals surface area contributed by atoms with Gasteiger partial charge in [0.15, 0.2) is 0 Å². The van der Waals surface area contributed by atoms with Gasteiger partial charge in [-0.1, -0.05) is 18.5 Å². The zero-order valence-corrected chi connectivity index (χ0v) is 11.7. The molecule has 3 nitrogen and oxygen atoms in total. The van der Waals surface area contributed by atoms with E-state index in [1.807, 2.05) is 11.6 Å². The smallest absolute Gasteiger partial charge is 0.0847 e. The summed E-state index contributed by atoms with van der Waals surface area (Å²) in [6, 6.07) is 0.196. The molecule has 0 spiro atoms. The number of hydrogen-bond donors (Lipinski definition) is 1. The predicted molar refractivity (Wildman–Crippen MR) is 71.2 cm³/mol. The Kier molecular flexibility index (Phi) is 3.79. The number of aryl methyl sites for hydroxylation is 2. The van der Waals surface area contributed by atoms with Crippen LogP contribution in [0.5, 0.6) is 0 Å². The summed E-state index contributed by atoms with van der Waals surface area (Å²) < 4.78 is 1.98. The molecule has 1 heterocycles. The molecule has 1 saturated carbocycles. The third-order valence-electron chi connectivity index (χ3n) is 3.92. The number of nitrogens with zero attached hydrogens (tertiary/aromatic N) is 2. The van der Waals surface area contributed by atoms with Gasteiger partial charge in [-0.2, -0.15) is 5.10 Å². The molecular formula is C13H22ClN3. The standard InChI is InChI=1S/C13H22ClN3/c1-4-17-12(13(14)9(3)16-17)7-11(15)8(2)10-5-6-10/h8,10-11H,4-7,15H2,1-3H3. The van der Waals surface area contributed by atoms with E-state index in [0.29, 0.717) is 5.92 Å². The van der Waals surface area contributed by atoms with Gasteiger partial charge in [0.05, 0.1) is 16.4 Å². The minimum atomic E-state index is 0.196. The second-order valence-corrected chi connectivity index (χ2v) is 5.60. The Hall–Kier alpha value is -0.540. The Balaban J connectivity index is 2.11. The van der Waals surface area contributed by atoms with Gasteiger partial charge < -0.3 is 5.73 Å². The first kappa shape index (κ1) is 12.9. The lowest BCUT2D eigenvalue weighted by Crippen LogP contribution is -2.32. The second-order valence-electron chi connectivity index (χ2n) is 5.23. The van der Waals surface area contributed by atoms with Crippen LogP contribution in [0.1, 0.15) is 38.1 Å². The molecule has 2 unspecified atom stereocenters. The highest BCUT2D eigenvalue weighted by Crippen LogP contribution is 2.38. The van der Waals surface area contributed by atoms with Crippen LogP contribution in [0.4, 0.5) is 0 Å². The number of rotatable bonds is 5. The van der Waals surface area contributed by atoms with Gasteiger partial charge in [0.1, 0.15) is 0 Å². The van der Waals surface area contributed by atoms with E-state index in [1.54, 1.807) is 0 Å². The fourth-order valence-electron chi connectivity index (χ4n) is 2.44. The Bertz CT molecular complexity index is 396. The van der Waals surface area contributed by atoms with Crippen molar-refractivity contribution < 1.29 is 0 Å². The molecule has 4 heteroatoms. The van der Waals surface area contributed by atoms with Crippen molar-refractivity contribution in [3.8, 4) is 0 Å². The average Bonchev–Trinajstić information content (AvgIpc) is 3.11. The molecular weight excluding hydrogens is 234 g/mol. The maximum atomic E-state index is 6.30. The van der Waals surface area contributed by atoms with Crippen LogP contribution >= 0.6 is 11.6 Å². The van der Waals surface area contributed by atoms with Crippen molar-refractivity contribution in [2.45, 2.75) is 52.6 Å². The Morgan fingerprint density at radius 2 is 2.18 bits per heavy atom. The summed E-state index contributed by atoms with van der Waals surface area (Å²) in [6.45, 7) is 7.15. The summed E-state index contributed by atoms with van der Waals surface area (Å²) in [5, 5.41) is 5.23. The van der Waals surface area contributed by atoms with Gasteiger partial charge >= 0.3 is 0 Å². The second kappa shape index (κ2) is 4.99. The molecule has 17 heavy (non-hydrogen) atoms. The Morgan fingerprint density at radius 3 is 2.71 bits per heavy atom. The van der Waals surface area contributed by atoms with Crippen molar-refractivity contribution in [1.29, 1.82) is 0 Å². The zero-order chi connectivity index (χ0) is 12.6. The molecule has 2 rings (SSSR count). The summed E-state index contributed by atoms with van der Waals surface area (Å²) in [5.41, 5.74) is 8.31. The topological polar surface area (TPSA) is 43.8 Å². The highest BCUT2D eigenvalue weighted by atomic mass is 35.5. The van der Waals surface area contributed by atoms with Crippen LogP contribution in [0.2, 0.25) is 5.02 Å². The first-order valence-corrected chi connectivity index (χ1v) is 6.89. The third kappa shape index (κ3) is 2.66. The molecule has 0 saturated heterocycles. The summed E-state index contributed by atoms with van der Waals surface area (Å²) >= 11 is 6.30. The zero-order valence-electron chi connectivity index (χ0n) is 10.9. The third-order valence-corrected chi connectivity index (χ3v) is 4.41. The first-order valence-electron chi connectivity index (χ1n) is 6.52. The molecule has 96 valence electrons. The van der Waals surface area contributed by atoms with Crippen LogP contribution in [0.3, 0.4) is 0 Å². The van der Waals surface area contributed by atoms with Gasteiger partial charge in [-0.05, 0) is 38.5 Å². The quantitative estimate of drug-likeness (QED) is 0.879. The van der Waals surface area contributed by atoms with E-state index in [0.717, 1.165) is 35.3 Å². The van der Waals surface area contributed by atoms with Crippen molar-refractivity contribution >= 4 is 11.6 Å². The molecule has 1 aliphatic carbocycles. The van der Waals surface area contributed by atoms with Gasteiger partial charge in [-0.25, -0.2) is 0 Å². The van der Waals surface area contributed by atoms with Crippen LogP contribution in [0.25, 0.3) is 0 Å². The van der Waals surface area contributed by atoms with Gasteiger partial charge in [0, 0.05) is 19.0 Å². The van der Waals surface area contributed by atoms with Crippen molar-refractivity contribution in [2.24, 2.45) is 17.6 Å². The fourth-order valence-corrected chi connectivity index (χ4v) is 2.66. The molecule has 0 radical (unpaired) electrons. The first-order chi connectivity index (χ1) is 8.04. The molecule has 1 fully saturated rings. The highest BCUT2D eigenvalue weighted by Gasteiger charge is 2.32. The van der Waals surface area contributed by atoms with E-state index in [1.165, 1.54) is 12.8 Å². The summed E-state index contributed by atoms with van der Waals surface area (Å²) in [4.78, 5) is 0. The van der Waals surface area contributed by atoms with E-state index < -0.39 is 0 Å². The summed E-state index contributed by atoms with van der Waals surface area (Å²) in [6.07, 6.45) is 3.52. The van der Waals surface area contributed by atoms with E-state index in [2.05, 4.69) is 18.9 Å². The van der Waals surface area contributed by atoms with Crippen LogP contribution < -0.4 is 5.73 Å². The van der Waals surface area contributed by atoms with E-state index in [4.69, 9.17) is 17.3 Å². The Morgan fingerprint density at radius 1 is 1.53 bits per heavy atom. The molecule has 0 aliphatic heterocycles. The maximum Gasteiger partial charge on any atom is 0.0847 e. The lowest BCUT2D eigenvalue weighted by molar-refractivity contribution is 0.396. The van der Waals surface area contributed by atoms with Crippen LogP contribution in [0, 0.1) is 18.8 Å². The molecule has 0 amide bonds. The van der Waals surface area contributed by atoms with Crippen LogP contribution in [-0.2, 0) is 13.0 Å². The van der Waals surface area contributed by atoms with Gasteiger partial charge in [-0.3, -0.25) is 4.68 Å². The molecule has 2 atom stereocenters. The lowest BCUT2D eigenvalue weighted by Gasteiger charge is -2.20. The Labute approximate surface area is 108 Å². The van der Waals surface area contributed by atoms with Crippen molar-refractivity contribution in [3.05, 3.63) is 16.4 Å². The predicted octanol–water partition coefficient (Wildman–Crippen LogP) is 2.78. The van der Waals surface area contributed by atoms with Crippen molar-refractivity contribution in [1.82, 2.24) is 9.78 Å². The normalized spacial score (nSPS) is 19.4. The van der Waals surface area contributed by atoms with Gasteiger partial charge in [0.2, 0.25) is 0 Å². The fraction of sp³-hybridized carbons (Fsp3) is 0.769. The maximum absolute atomic E-state index is 6.30. The SMILES string of the molecule is CCn1nc(C)c(Cl)c1CC(N)C(C)C1CC1. The summed E-state index contributed by atoms with van der Waals surface area (Å²) in [5.74, 6) is 1.43. The minimum absolute atomic E-state index is 0.196. The number of aromatic nitrogens is 2. The molecule has 0 bridgehead atoms. The highest BCUT2D eigenvalue weighted by molar-refractivity contribution is 6.31. The number of halogens is 1. The molecule has 2 N–H and O–H groups in total. The largest absolute Gasteiger partial charge is 0.327 e. The molecule has 1 aliphatic rings. The lowest BCUT2D eigenvalue weighted by atomic mass is 9.93. The van der Waals surface area contributed by atoms with Crippen LogP contribution in [0.15, 0.2) is 0 Å². The van der Waals surface area contributed by atoms with E-state index in [9.17, 15) is 0 Å². The molecule has 1 aromatic rings.